The van der Waals surface area contributed by atoms with Crippen molar-refractivity contribution in [3.63, 3.8) is 0 Å². The summed E-state index contributed by atoms with van der Waals surface area (Å²) in [5.74, 6) is 0. The Balaban J connectivity index is 1.53. The van der Waals surface area contributed by atoms with Crippen LogP contribution in [0.5, 0.6) is 0 Å². The first-order valence-electron chi connectivity index (χ1n) is 8.60. The molecule has 0 unspecified atom stereocenters. The highest BCUT2D eigenvalue weighted by Crippen LogP contribution is 2.33. The quantitative estimate of drug-likeness (QED) is 0.438. The summed E-state index contributed by atoms with van der Waals surface area (Å²) in [6.07, 6.45) is 0. The third-order valence-corrected chi connectivity index (χ3v) is 5.41. The lowest BCUT2D eigenvalue weighted by atomic mass is 10.0. The third kappa shape index (κ3) is 3.29. The van der Waals surface area contributed by atoms with Crippen LogP contribution >= 0.6 is 11.3 Å². The van der Waals surface area contributed by atoms with Crippen LogP contribution < -0.4 is 16.8 Å². The van der Waals surface area contributed by atoms with Crippen molar-refractivity contribution in [2.24, 2.45) is 0 Å². The summed E-state index contributed by atoms with van der Waals surface area (Å²) >= 11 is 1.69. The maximum absolute atomic E-state index is 6.16. The van der Waals surface area contributed by atoms with Crippen LogP contribution in [-0.2, 0) is 13.1 Å². The summed E-state index contributed by atoms with van der Waals surface area (Å²) in [6, 6.07) is 20.6. The Morgan fingerprint density at radius 1 is 0.769 bits per heavy atom. The topological polar surface area (TPSA) is 64.1 Å². The van der Waals surface area contributed by atoms with Gasteiger partial charge in [0.1, 0.15) is 0 Å². The number of benzene rings is 3. The van der Waals surface area contributed by atoms with E-state index in [1.165, 1.54) is 21.9 Å². The second-order valence-electron chi connectivity index (χ2n) is 6.40. The lowest BCUT2D eigenvalue weighted by molar-refractivity contribution is 0.699. The second-order valence-corrected chi connectivity index (χ2v) is 7.14. The lowest BCUT2D eigenvalue weighted by Gasteiger charge is -2.11. The van der Waals surface area contributed by atoms with E-state index in [9.17, 15) is 0 Å². The van der Waals surface area contributed by atoms with Crippen molar-refractivity contribution >= 4 is 33.5 Å². The Morgan fingerprint density at radius 3 is 2.50 bits per heavy atom. The molecule has 3 nitrogen and oxygen atoms in total. The molecule has 0 aliphatic carbocycles. The highest BCUT2D eigenvalue weighted by molar-refractivity contribution is 7.08. The molecule has 0 amide bonds. The fourth-order valence-electron chi connectivity index (χ4n) is 3.28. The highest BCUT2D eigenvalue weighted by Gasteiger charge is 2.10. The zero-order chi connectivity index (χ0) is 17.9. The molecule has 0 radical (unpaired) electrons. The standard InChI is InChI=1S/C22H21N3S/c23-18-8-9-22(24)20(10-18)21-14-26-13-17(21)12-25-11-16-6-3-5-15-4-1-2-7-19(15)16/h1-10,13-14,25H,11-12,23-24H2. The van der Waals surface area contributed by atoms with Gasteiger partial charge in [0, 0.05) is 30.0 Å². The van der Waals surface area contributed by atoms with Gasteiger partial charge in [0.05, 0.1) is 0 Å². The third-order valence-electron chi connectivity index (χ3n) is 4.62. The number of nitrogens with two attached hydrogens (primary N) is 2. The molecule has 0 aliphatic heterocycles. The van der Waals surface area contributed by atoms with Crippen LogP contribution in [-0.4, -0.2) is 0 Å². The summed E-state index contributed by atoms with van der Waals surface area (Å²) in [7, 11) is 0. The summed E-state index contributed by atoms with van der Waals surface area (Å²) < 4.78 is 0. The van der Waals surface area contributed by atoms with Crippen molar-refractivity contribution < 1.29 is 0 Å². The van der Waals surface area contributed by atoms with Gasteiger partial charge in [-0.2, -0.15) is 11.3 Å². The number of fused-ring (bicyclic) bond motifs is 1. The molecule has 4 aromatic rings. The van der Waals surface area contributed by atoms with Crippen molar-refractivity contribution in [2.45, 2.75) is 13.1 Å². The van der Waals surface area contributed by atoms with Gasteiger partial charge in [0.2, 0.25) is 0 Å². The Labute approximate surface area is 157 Å². The zero-order valence-electron chi connectivity index (χ0n) is 14.4. The molecular formula is C22H21N3S. The van der Waals surface area contributed by atoms with Crippen molar-refractivity contribution in [3.8, 4) is 11.1 Å². The predicted octanol–water partition coefficient (Wildman–Crippen LogP) is 5.02. The molecule has 0 bridgehead atoms. The van der Waals surface area contributed by atoms with Gasteiger partial charge in [-0.15, -0.1) is 0 Å². The number of hydrogen-bond acceptors (Lipinski definition) is 4. The van der Waals surface area contributed by atoms with Gasteiger partial charge in [-0.1, -0.05) is 42.5 Å². The molecule has 4 rings (SSSR count). The number of nitrogen functional groups attached to an aromatic ring is 2. The van der Waals surface area contributed by atoms with E-state index in [-0.39, 0.29) is 0 Å². The normalized spacial score (nSPS) is 11.1. The first-order valence-corrected chi connectivity index (χ1v) is 9.54. The molecule has 0 saturated carbocycles. The lowest BCUT2D eigenvalue weighted by Crippen LogP contribution is -2.13. The van der Waals surface area contributed by atoms with Gasteiger partial charge in [-0.3, -0.25) is 0 Å². The minimum atomic E-state index is 0.732. The first kappa shape index (κ1) is 16.6. The van der Waals surface area contributed by atoms with Gasteiger partial charge in [-0.05, 0) is 56.4 Å². The van der Waals surface area contributed by atoms with E-state index in [0.29, 0.717) is 0 Å². The average Bonchev–Trinajstić information content (AvgIpc) is 3.12. The van der Waals surface area contributed by atoms with Gasteiger partial charge in [0.15, 0.2) is 0 Å². The van der Waals surface area contributed by atoms with Crippen LogP contribution in [0.1, 0.15) is 11.1 Å². The van der Waals surface area contributed by atoms with Crippen LogP contribution in [0, 0.1) is 0 Å². The molecule has 4 heteroatoms. The van der Waals surface area contributed by atoms with E-state index in [1.807, 2.05) is 18.2 Å². The Morgan fingerprint density at radius 2 is 1.58 bits per heavy atom. The van der Waals surface area contributed by atoms with E-state index in [4.69, 9.17) is 11.5 Å². The fraction of sp³-hybridized carbons (Fsp3) is 0.0909. The Hall–Kier alpha value is -2.82. The number of nitrogens with one attached hydrogen (secondary N) is 1. The summed E-state index contributed by atoms with van der Waals surface area (Å²) in [4.78, 5) is 0. The molecule has 1 aromatic heterocycles. The molecule has 3 aromatic carbocycles. The van der Waals surface area contributed by atoms with Crippen molar-refractivity contribution in [1.29, 1.82) is 0 Å². The van der Waals surface area contributed by atoms with Gasteiger partial charge in [-0.25, -0.2) is 0 Å². The number of thiophene rings is 1. The first-order chi connectivity index (χ1) is 12.7. The van der Waals surface area contributed by atoms with E-state index < -0.39 is 0 Å². The van der Waals surface area contributed by atoms with Gasteiger partial charge < -0.3 is 16.8 Å². The van der Waals surface area contributed by atoms with Crippen molar-refractivity contribution in [2.75, 3.05) is 11.5 Å². The number of rotatable bonds is 5. The summed E-state index contributed by atoms with van der Waals surface area (Å²) in [5.41, 5.74) is 18.3. The highest BCUT2D eigenvalue weighted by atomic mass is 32.1. The molecule has 26 heavy (non-hydrogen) atoms. The monoisotopic (exact) mass is 359 g/mol. The molecule has 0 saturated heterocycles. The van der Waals surface area contributed by atoms with Crippen LogP contribution in [0.15, 0.2) is 71.4 Å². The molecule has 130 valence electrons. The summed E-state index contributed by atoms with van der Waals surface area (Å²) in [5, 5.41) is 10.5. The molecule has 1 heterocycles. The largest absolute Gasteiger partial charge is 0.399 e. The molecule has 0 spiro atoms. The molecule has 0 aliphatic rings. The molecular weight excluding hydrogens is 338 g/mol. The van der Waals surface area contributed by atoms with Gasteiger partial charge in [0.25, 0.3) is 0 Å². The zero-order valence-corrected chi connectivity index (χ0v) is 15.2. The fourth-order valence-corrected chi connectivity index (χ4v) is 4.14. The van der Waals surface area contributed by atoms with E-state index in [2.05, 4.69) is 58.5 Å². The van der Waals surface area contributed by atoms with Crippen LogP contribution in [0.3, 0.4) is 0 Å². The minimum absolute atomic E-state index is 0.732. The maximum Gasteiger partial charge on any atom is 0.0395 e. The minimum Gasteiger partial charge on any atom is -0.399 e. The Kier molecular flexibility index (Phi) is 4.61. The molecule has 5 N–H and O–H groups in total. The van der Waals surface area contributed by atoms with Crippen LogP contribution in [0.4, 0.5) is 11.4 Å². The molecule has 0 atom stereocenters. The van der Waals surface area contributed by atoms with Crippen molar-refractivity contribution in [3.05, 3.63) is 82.6 Å². The van der Waals surface area contributed by atoms with Gasteiger partial charge >= 0.3 is 0 Å². The SMILES string of the molecule is Nc1ccc(N)c(-c2cscc2CNCc2cccc3ccccc23)c1. The number of anilines is 2. The van der Waals surface area contributed by atoms with E-state index >= 15 is 0 Å². The van der Waals surface area contributed by atoms with Crippen molar-refractivity contribution in [1.82, 2.24) is 5.32 Å². The predicted molar refractivity (Wildman–Crippen MR) is 113 cm³/mol. The summed E-state index contributed by atoms with van der Waals surface area (Å²) in [6.45, 7) is 1.61. The van der Waals surface area contributed by atoms with Crippen LogP contribution in [0.2, 0.25) is 0 Å². The van der Waals surface area contributed by atoms with E-state index in [1.54, 1.807) is 11.3 Å². The average molecular weight is 359 g/mol. The van der Waals surface area contributed by atoms with Crippen LogP contribution in [0.25, 0.3) is 21.9 Å². The molecule has 0 fully saturated rings. The number of hydrogen-bond donors (Lipinski definition) is 3. The van der Waals surface area contributed by atoms with E-state index in [0.717, 1.165) is 35.6 Å². The smallest absolute Gasteiger partial charge is 0.0395 e. The second kappa shape index (κ2) is 7.20. The Bertz CT molecular complexity index is 1050. The maximum atomic E-state index is 6.16.